The van der Waals surface area contributed by atoms with Crippen molar-refractivity contribution in [2.45, 2.75) is 19.4 Å². The summed E-state index contributed by atoms with van der Waals surface area (Å²) in [5.41, 5.74) is 1.77. The lowest BCUT2D eigenvalue weighted by Crippen LogP contribution is -2.22. The summed E-state index contributed by atoms with van der Waals surface area (Å²) < 4.78 is 13.5. The minimum absolute atomic E-state index is 0.0778. The van der Waals surface area contributed by atoms with Crippen LogP contribution in [0.15, 0.2) is 36.4 Å². The molecule has 0 aliphatic carbocycles. The third-order valence-electron chi connectivity index (χ3n) is 3.29. The second-order valence-corrected chi connectivity index (χ2v) is 6.03. The highest BCUT2D eigenvalue weighted by atomic mass is 35.5. The Kier molecular flexibility index (Phi) is 5.88. The first-order chi connectivity index (χ1) is 9.99. The number of halogens is 4. The summed E-state index contributed by atoms with van der Waals surface area (Å²) in [4.78, 5) is 0. The molecule has 0 aliphatic rings. The van der Waals surface area contributed by atoms with E-state index in [4.69, 9.17) is 34.8 Å². The summed E-state index contributed by atoms with van der Waals surface area (Å²) >= 11 is 17.9. The molecule has 0 fully saturated rings. The molecule has 2 rings (SSSR count). The van der Waals surface area contributed by atoms with E-state index in [1.54, 1.807) is 0 Å². The van der Waals surface area contributed by atoms with Crippen LogP contribution in [0.2, 0.25) is 15.1 Å². The first-order valence-corrected chi connectivity index (χ1v) is 7.73. The molecule has 1 atom stereocenters. The fourth-order valence-electron chi connectivity index (χ4n) is 2.13. The van der Waals surface area contributed by atoms with Crippen molar-refractivity contribution in [3.8, 4) is 0 Å². The summed E-state index contributed by atoms with van der Waals surface area (Å²) in [7, 11) is 0. The predicted octanol–water partition coefficient (Wildman–Crippen LogP) is 5.68. The van der Waals surface area contributed by atoms with Gasteiger partial charge in [0.15, 0.2) is 0 Å². The van der Waals surface area contributed by atoms with E-state index in [2.05, 4.69) is 5.32 Å². The van der Waals surface area contributed by atoms with E-state index in [-0.39, 0.29) is 11.1 Å². The highest BCUT2D eigenvalue weighted by Gasteiger charge is 2.16. The standard InChI is InChI=1S/C16H15Cl3FN/c1-10(15-13(18)6-7-14(20)16(15)19)21-9-8-11-2-4-12(17)5-3-11/h2-7,10,21H,8-9H2,1H3. The maximum Gasteiger partial charge on any atom is 0.142 e. The van der Waals surface area contributed by atoms with Crippen molar-refractivity contribution >= 4 is 34.8 Å². The number of rotatable bonds is 5. The van der Waals surface area contributed by atoms with Gasteiger partial charge in [-0.1, -0.05) is 46.9 Å². The largest absolute Gasteiger partial charge is 0.310 e. The molecule has 0 bridgehead atoms. The molecule has 0 spiro atoms. The topological polar surface area (TPSA) is 12.0 Å². The van der Waals surface area contributed by atoms with Gasteiger partial charge in [0.1, 0.15) is 5.82 Å². The van der Waals surface area contributed by atoms with Gasteiger partial charge in [-0.3, -0.25) is 0 Å². The Labute approximate surface area is 139 Å². The molecule has 0 amide bonds. The summed E-state index contributed by atoms with van der Waals surface area (Å²) in [6, 6.07) is 10.4. The van der Waals surface area contributed by atoms with Crippen molar-refractivity contribution in [2.24, 2.45) is 0 Å². The summed E-state index contributed by atoms with van der Waals surface area (Å²) in [6.45, 7) is 2.64. The molecule has 112 valence electrons. The molecule has 1 N–H and O–H groups in total. The van der Waals surface area contributed by atoms with Crippen molar-refractivity contribution in [3.63, 3.8) is 0 Å². The van der Waals surface area contributed by atoms with Crippen molar-refractivity contribution in [1.29, 1.82) is 0 Å². The molecule has 0 saturated heterocycles. The van der Waals surface area contributed by atoms with E-state index in [1.165, 1.54) is 17.7 Å². The average Bonchev–Trinajstić information content (AvgIpc) is 2.45. The van der Waals surface area contributed by atoms with Crippen LogP contribution in [-0.4, -0.2) is 6.54 Å². The zero-order chi connectivity index (χ0) is 15.4. The molecule has 0 saturated carbocycles. The van der Waals surface area contributed by atoms with Gasteiger partial charge in [-0.2, -0.15) is 0 Å². The molecule has 5 heteroatoms. The van der Waals surface area contributed by atoms with Gasteiger partial charge in [0.2, 0.25) is 0 Å². The first kappa shape index (κ1) is 16.6. The fourth-order valence-corrected chi connectivity index (χ4v) is 2.95. The van der Waals surface area contributed by atoms with E-state index < -0.39 is 5.82 Å². The van der Waals surface area contributed by atoms with Crippen LogP contribution in [-0.2, 0) is 6.42 Å². The number of hydrogen-bond acceptors (Lipinski definition) is 1. The maximum absolute atomic E-state index is 13.5. The zero-order valence-electron chi connectivity index (χ0n) is 11.5. The van der Waals surface area contributed by atoms with Crippen LogP contribution >= 0.6 is 34.8 Å². The molecule has 0 heterocycles. The van der Waals surface area contributed by atoms with Gasteiger partial charge >= 0.3 is 0 Å². The Balaban J connectivity index is 1.97. The minimum Gasteiger partial charge on any atom is -0.310 e. The van der Waals surface area contributed by atoms with Crippen molar-refractivity contribution in [1.82, 2.24) is 5.32 Å². The SMILES string of the molecule is CC(NCCc1ccc(Cl)cc1)c1c(Cl)ccc(F)c1Cl. The molecular formula is C16H15Cl3FN. The third kappa shape index (κ3) is 4.33. The van der Waals surface area contributed by atoms with E-state index in [0.717, 1.165) is 18.0 Å². The van der Waals surface area contributed by atoms with Crippen LogP contribution in [0.25, 0.3) is 0 Å². The highest BCUT2D eigenvalue weighted by Crippen LogP contribution is 2.32. The van der Waals surface area contributed by atoms with Crippen LogP contribution in [0, 0.1) is 5.82 Å². The predicted molar refractivity (Wildman–Crippen MR) is 88.0 cm³/mol. The fraction of sp³-hybridized carbons (Fsp3) is 0.250. The van der Waals surface area contributed by atoms with Gasteiger partial charge in [0, 0.05) is 21.7 Å². The molecule has 1 nitrogen and oxygen atoms in total. The molecule has 0 aromatic heterocycles. The smallest absolute Gasteiger partial charge is 0.142 e. The van der Waals surface area contributed by atoms with Crippen LogP contribution in [0.1, 0.15) is 24.1 Å². The Hall–Kier alpha value is -0.800. The monoisotopic (exact) mass is 345 g/mol. The van der Waals surface area contributed by atoms with E-state index in [9.17, 15) is 4.39 Å². The Morgan fingerprint density at radius 2 is 1.71 bits per heavy atom. The minimum atomic E-state index is -0.456. The summed E-state index contributed by atoms with van der Waals surface area (Å²) in [5.74, 6) is -0.456. The zero-order valence-corrected chi connectivity index (χ0v) is 13.7. The van der Waals surface area contributed by atoms with Gasteiger partial charge in [-0.25, -0.2) is 4.39 Å². The van der Waals surface area contributed by atoms with Gasteiger partial charge in [0.05, 0.1) is 5.02 Å². The average molecular weight is 347 g/mol. The molecule has 0 aliphatic heterocycles. The second kappa shape index (κ2) is 7.46. The van der Waals surface area contributed by atoms with Crippen molar-refractivity contribution in [2.75, 3.05) is 6.54 Å². The Morgan fingerprint density at radius 1 is 1.05 bits per heavy atom. The van der Waals surface area contributed by atoms with Gasteiger partial charge < -0.3 is 5.32 Å². The molecule has 2 aromatic rings. The van der Waals surface area contributed by atoms with Crippen LogP contribution in [0.3, 0.4) is 0 Å². The van der Waals surface area contributed by atoms with Gasteiger partial charge in [-0.15, -0.1) is 0 Å². The second-order valence-electron chi connectivity index (χ2n) is 4.81. The summed E-state index contributed by atoms with van der Waals surface area (Å²) in [5, 5.41) is 4.57. The van der Waals surface area contributed by atoms with Crippen LogP contribution in [0.4, 0.5) is 4.39 Å². The van der Waals surface area contributed by atoms with Crippen molar-refractivity contribution in [3.05, 3.63) is 68.4 Å². The highest BCUT2D eigenvalue weighted by molar-refractivity contribution is 6.36. The lowest BCUT2D eigenvalue weighted by molar-refractivity contribution is 0.567. The quantitative estimate of drug-likeness (QED) is 0.687. The number of nitrogens with one attached hydrogen (secondary N) is 1. The Morgan fingerprint density at radius 3 is 2.38 bits per heavy atom. The lowest BCUT2D eigenvalue weighted by atomic mass is 10.1. The molecular weight excluding hydrogens is 332 g/mol. The van der Waals surface area contributed by atoms with Crippen LogP contribution in [0.5, 0.6) is 0 Å². The molecule has 0 radical (unpaired) electrons. The molecule has 21 heavy (non-hydrogen) atoms. The summed E-state index contributed by atoms with van der Waals surface area (Å²) in [6.07, 6.45) is 0.839. The van der Waals surface area contributed by atoms with E-state index in [1.807, 2.05) is 31.2 Å². The van der Waals surface area contributed by atoms with Crippen molar-refractivity contribution < 1.29 is 4.39 Å². The van der Waals surface area contributed by atoms with Crippen LogP contribution < -0.4 is 5.32 Å². The Bertz CT molecular complexity index is 614. The lowest BCUT2D eigenvalue weighted by Gasteiger charge is -2.17. The first-order valence-electron chi connectivity index (χ1n) is 6.60. The molecule has 1 unspecified atom stereocenters. The molecule has 2 aromatic carbocycles. The van der Waals surface area contributed by atoms with E-state index >= 15 is 0 Å². The van der Waals surface area contributed by atoms with E-state index in [0.29, 0.717) is 10.6 Å². The van der Waals surface area contributed by atoms with Gasteiger partial charge in [0.25, 0.3) is 0 Å². The maximum atomic E-state index is 13.5. The third-order valence-corrected chi connectivity index (χ3v) is 4.26. The number of hydrogen-bond donors (Lipinski definition) is 1. The normalized spacial score (nSPS) is 12.4. The number of benzene rings is 2. The van der Waals surface area contributed by atoms with Gasteiger partial charge in [-0.05, 0) is 49.7 Å².